The molecule has 0 radical (unpaired) electrons. The van der Waals surface area contributed by atoms with Crippen LogP contribution in [-0.4, -0.2) is 51.2 Å². The van der Waals surface area contributed by atoms with Crippen LogP contribution in [0.3, 0.4) is 0 Å². The van der Waals surface area contributed by atoms with E-state index in [1.807, 2.05) is 0 Å². The summed E-state index contributed by atoms with van der Waals surface area (Å²) in [6.07, 6.45) is -0.236. The molecule has 4 atom stereocenters. The second-order valence-corrected chi connectivity index (χ2v) is 10.4. The van der Waals surface area contributed by atoms with E-state index in [0.717, 1.165) is 17.0 Å². The standard InChI is InChI=1S/C24H20Cl2F3N3O5S/c1-11(33)35-10-21-24(36-12(2)34)20(8-22(37-21)38-14-3-4-15(25)16(26)7-14)32-9-19(30-31-32)13-5-17(27)23(29)18(28)6-13/h3-7,9,20-22,24H,8,10H2,1-2H3/t20-,21-,22-,24+/m1/s1. The number of rotatable bonds is 7. The molecular weight excluding hydrogens is 570 g/mol. The van der Waals surface area contributed by atoms with E-state index >= 15 is 0 Å². The number of halogens is 5. The van der Waals surface area contributed by atoms with E-state index in [9.17, 15) is 22.8 Å². The lowest BCUT2D eigenvalue weighted by molar-refractivity contribution is -0.182. The molecule has 14 heteroatoms. The van der Waals surface area contributed by atoms with Crippen LogP contribution in [0, 0.1) is 17.5 Å². The van der Waals surface area contributed by atoms with E-state index in [1.54, 1.807) is 18.2 Å². The third kappa shape index (κ3) is 6.60. The Kier molecular flexibility index (Phi) is 8.86. The molecule has 0 aliphatic carbocycles. The number of esters is 2. The fourth-order valence-electron chi connectivity index (χ4n) is 3.90. The van der Waals surface area contributed by atoms with Gasteiger partial charge in [0.25, 0.3) is 0 Å². The number of benzene rings is 2. The van der Waals surface area contributed by atoms with Crippen molar-refractivity contribution in [2.75, 3.05) is 6.61 Å². The molecule has 8 nitrogen and oxygen atoms in total. The van der Waals surface area contributed by atoms with Crippen molar-refractivity contribution in [3.63, 3.8) is 0 Å². The van der Waals surface area contributed by atoms with Gasteiger partial charge in [-0.15, -0.1) is 5.10 Å². The highest BCUT2D eigenvalue weighted by atomic mass is 35.5. The predicted octanol–water partition coefficient (Wildman–Crippen LogP) is 5.61. The number of aromatic nitrogens is 3. The van der Waals surface area contributed by atoms with Crippen molar-refractivity contribution in [2.24, 2.45) is 0 Å². The zero-order valence-corrected chi connectivity index (χ0v) is 22.2. The van der Waals surface area contributed by atoms with Crippen molar-refractivity contribution < 1.29 is 37.0 Å². The number of nitrogens with zero attached hydrogens (tertiary/aromatic N) is 3. The Morgan fingerprint density at radius 2 is 1.82 bits per heavy atom. The summed E-state index contributed by atoms with van der Waals surface area (Å²) in [6, 6.07) is 5.96. The van der Waals surface area contributed by atoms with E-state index in [2.05, 4.69) is 10.3 Å². The van der Waals surface area contributed by atoms with E-state index in [4.69, 9.17) is 37.4 Å². The molecule has 202 valence electrons. The Bertz CT molecular complexity index is 1340. The SMILES string of the molecule is CC(=O)OC[C@H]1O[C@H](Sc2ccc(Cl)c(Cl)c2)C[C@@H](n2cc(-c3cc(F)c(F)c(F)c3)nn2)[C@@H]1OC(C)=O. The summed E-state index contributed by atoms with van der Waals surface area (Å²) in [5.41, 5.74) is -0.541. The second-order valence-electron chi connectivity index (χ2n) is 8.32. The van der Waals surface area contributed by atoms with Gasteiger partial charge in [-0.25, -0.2) is 17.9 Å². The largest absolute Gasteiger partial charge is 0.463 e. The van der Waals surface area contributed by atoms with Crippen molar-refractivity contribution in [3.8, 4) is 11.3 Å². The summed E-state index contributed by atoms with van der Waals surface area (Å²) in [7, 11) is 0. The molecule has 1 aromatic heterocycles. The molecule has 0 amide bonds. The maximum Gasteiger partial charge on any atom is 0.303 e. The first-order chi connectivity index (χ1) is 18.0. The third-order valence-corrected chi connectivity index (χ3v) is 7.38. The number of thioether (sulfide) groups is 1. The van der Waals surface area contributed by atoms with Crippen molar-refractivity contribution in [3.05, 3.63) is 64.0 Å². The fraction of sp³-hybridized carbons (Fsp3) is 0.333. The third-order valence-electron chi connectivity index (χ3n) is 5.55. The summed E-state index contributed by atoms with van der Waals surface area (Å²) >= 11 is 13.5. The van der Waals surface area contributed by atoms with Gasteiger partial charge in [0.15, 0.2) is 23.6 Å². The minimum absolute atomic E-state index is 0.0399. The molecule has 1 aliphatic rings. The Balaban J connectivity index is 1.68. The van der Waals surface area contributed by atoms with Gasteiger partial charge >= 0.3 is 11.9 Å². The fourth-order valence-corrected chi connectivity index (χ4v) is 5.39. The summed E-state index contributed by atoms with van der Waals surface area (Å²) in [5.74, 6) is -5.53. The molecule has 2 heterocycles. The van der Waals surface area contributed by atoms with Crippen LogP contribution in [0.2, 0.25) is 10.0 Å². The molecular formula is C24H20Cl2F3N3O5S. The van der Waals surface area contributed by atoms with Gasteiger partial charge in [0, 0.05) is 30.7 Å². The van der Waals surface area contributed by atoms with Gasteiger partial charge < -0.3 is 14.2 Å². The van der Waals surface area contributed by atoms with Crippen molar-refractivity contribution in [1.82, 2.24) is 15.0 Å². The van der Waals surface area contributed by atoms with Crippen molar-refractivity contribution in [1.29, 1.82) is 0 Å². The second kappa shape index (κ2) is 11.9. The highest BCUT2D eigenvalue weighted by molar-refractivity contribution is 7.99. The van der Waals surface area contributed by atoms with Gasteiger partial charge in [0.2, 0.25) is 0 Å². The summed E-state index contributed by atoms with van der Waals surface area (Å²) in [5, 5.41) is 8.77. The first-order valence-electron chi connectivity index (χ1n) is 11.2. The number of ether oxygens (including phenoxy) is 3. The van der Waals surface area contributed by atoms with Crippen LogP contribution < -0.4 is 0 Å². The minimum Gasteiger partial charge on any atom is -0.463 e. The molecule has 1 aliphatic heterocycles. The van der Waals surface area contributed by atoms with Gasteiger partial charge in [-0.05, 0) is 30.3 Å². The van der Waals surface area contributed by atoms with Gasteiger partial charge in [-0.3, -0.25) is 9.59 Å². The number of hydrogen-bond donors (Lipinski definition) is 0. The van der Waals surface area contributed by atoms with Crippen LogP contribution >= 0.6 is 35.0 Å². The predicted molar refractivity (Wildman–Crippen MR) is 132 cm³/mol. The molecule has 0 saturated carbocycles. The highest BCUT2D eigenvalue weighted by Gasteiger charge is 2.43. The molecule has 1 saturated heterocycles. The number of hydrogen-bond acceptors (Lipinski definition) is 8. The monoisotopic (exact) mass is 589 g/mol. The van der Waals surface area contributed by atoms with E-state index in [1.165, 1.54) is 36.5 Å². The maximum atomic E-state index is 13.8. The van der Waals surface area contributed by atoms with Gasteiger partial charge in [0.05, 0.1) is 22.3 Å². The average molecular weight is 590 g/mol. The van der Waals surface area contributed by atoms with Crippen LogP contribution in [0.5, 0.6) is 0 Å². The van der Waals surface area contributed by atoms with Crippen LogP contribution in [0.4, 0.5) is 13.2 Å². The lowest BCUT2D eigenvalue weighted by atomic mass is 9.99. The maximum absolute atomic E-state index is 13.8. The van der Waals surface area contributed by atoms with Crippen LogP contribution in [0.15, 0.2) is 41.4 Å². The Morgan fingerprint density at radius 1 is 1.11 bits per heavy atom. The zero-order chi connectivity index (χ0) is 27.6. The molecule has 2 aromatic carbocycles. The smallest absolute Gasteiger partial charge is 0.303 e. The summed E-state index contributed by atoms with van der Waals surface area (Å²) < 4.78 is 59.2. The van der Waals surface area contributed by atoms with Gasteiger partial charge in [-0.1, -0.05) is 40.2 Å². The topological polar surface area (TPSA) is 92.5 Å². The Labute approximate surface area is 229 Å². The lowest BCUT2D eigenvalue weighted by Crippen LogP contribution is -2.49. The first-order valence-corrected chi connectivity index (χ1v) is 12.8. The van der Waals surface area contributed by atoms with Crippen LogP contribution in [-0.2, 0) is 23.8 Å². The zero-order valence-electron chi connectivity index (χ0n) is 19.9. The van der Waals surface area contributed by atoms with E-state index in [0.29, 0.717) is 10.0 Å². The molecule has 0 N–H and O–H groups in total. The van der Waals surface area contributed by atoms with E-state index < -0.39 is 53.1 Å². The van der Waals surface area contributed by atoms with Crippen molar-refractivity contribution in [2.45, 2.75) is 48.8 Å². The van der Waals surface area contributed by atoms with Gasteiger partial charge in [0.1, 0.15) is 23.8 Å². The lowest BCUT2D eigenvalue weighted by Gasteiger charge is -2.40. The Hall–Kier alpha value is -2.80. The molecule has 0 unspecified atom stereocenters. The summed E-state index contributed by atoms with van der Waals surface area (Å²) in [4.78, 5) is 24.2. The molecule has 4 rings (SSSR count). The molecule has 0 bridgehead atoms. The quantitative estimate of drug-likeness (QED) is 0.259. The highest BCUT2D eigenvalue weighted by Crippen LogP contribution is 2.40. The number of carbonyl (C=O) groups excluding carboxylic acids is 2. The molecule has 0 spiro atoms. The average Bonchev–Trinajstić information content (AvgIpc) is 3.34. The number of carbonyl (C=O) groups is 2. The molecule has 38 heavy (non-hydrogen) atoms. The molecule has 3 aromatic rings. The van der Waals surface area contributed by atoms with Crippen LogP contribution in [0.1, 0.15) is 26.3 Å². The first kappa shape index (κ1) is 28.2. The molecule has 1 fully saturated rings. The minimum atomic E-state index is -1.60. The van der Waals surface area contributed by atoms with Crippen LogP contribution in [0.25, 0.3) is 11.3 Å². The summed E-state index contributed by atoms with van der Waals surface area (Å²) in [6.45, 7) is 2.22. The van der Waals surface area contributed by atoms with E-state index in [-0.39, 0.29) is 24.3 Å². The van der Waals surface area contributed by atoms with Crippen molar-refractivity contribution >= 4 is 46.9 Å². The Morgan fingerprint density at radius 3 is 2.45 bits per heavy atom. The van der Waals surface area contributed by atoms with Gasteiger partial charge in [-0.2, -0.15) is 0 Å². The normalized spacial score (nSPS) is 21.2.